The standard InChI is InChI=1S/C27H27N3/c1-20-18-24(21(2)30(20)27-16-14-26(15-17-27)29(3)4)19-28-25-12-10-23(11-13-25)22-8-6-5-7-9-22/h5-19H,1-4H3. The highest BCUT2D eigenvalue weighted by molar-refractivity contribution is 5.84. The first-order chi connectivity index (χ1) is 14.5. The Morgan fingerprint density at radius 1 is 0.767 bits per heavy atom. The fourth-order valence-electron chi connectivity index (χ4n) is 3.73. The Balaban J connectivity index is 1.57. The molecule has 0 atom stereocenters. The molecule has 0 unspecified atom stereocenters. The number of anilines is 1. The molecule has 0 aliphatic heterocycles. The van der Waals surface area contributed by atoms with Gasteiger partial charge >= 0.3 is 0 Å². The minimum atomic E-state index is 0.954. The zero-order chi connectivity index (χ0) is 21.1. The van der Waals surface area contributed by atoms with Crippen molar-refractivity contribution >= 4 is 17.6 Å². The van der Waals surface area contributed by atoms with Gasteiger partial charge in [-0.2, -0.15) is 0 Å². The lowest BCUT2D eigenvalue weighted by Gasteiger charge is -2.14. The molecule has 1 aromatic heterocycles. The van der Waals surface area contributed by atoms with Gasteiger partial charge in [-0.15, -0.1) is 0 Å². The second-order valence-electron chi connectivity index (χ2n) is 7.74. The Kier molecular flexibility index (Phi) is 5.53. The van der Waals surface area contributed by atoms with Crippen LogP contribution in [0, 0.1) is 13.8 Å². The topological polar surface area (TPSA) is 20.5 Å². The largest absolute Gasteiger partial charge is 0.378 e. The van der Waals surface area contributed by atoms with E-state index in [1.54, 1.807) is 0 Å². The Labute approximate surface area is 179 Å². The number of aryl methyl sites for hydroxylation is 1. The summed E-state index contributed by atoms with van der Waals surface area (Å²) >= 11 is 0. The third kappa shape index (κ3) is 4.06. The average molecular weight is 394 g/mol. The van der Waals surface area contributed by atoms with E-state index >= 15 is 0 Å². The lowest BCUT2D eigenvalue weighted by Crippen LogP contribution is -2.08. The fraction of sp³-hybridized carbons (Fsp3) is 0.148. The van der Waals surface area contributed by atoms with Crippen LogP contribution in [0.15, 0.2) is 89.9 Å². The van der Waals surface area contributed by atoms with Gasteiger partial charge in [-0.05, 0) is 67.4 Å². The van der Waals surface area contributed by atoms with Gasteiger partial charge in [0.2, 0.25) is 0 Å². The SMILES string of the molecule is Cc1cc(C=Nc2ccc(-c3ccccc3)cc2)c(C)n1-c1ccc(N(C)C)cc1. The number of aliphatic imine (C=N–C) groups is 1. The third-order valence-corrected chi connectivity index (χ3v) is 5.42. The molecule has 150 valence electrons. The molecule has 3 heteroatoms. The summed E-state index contributed by atoms with van der Waals surface area (Å²) in [6.45, 7) is 4.28. The Morgan fingerprint density at radius 2 is 1.40 bits per heavy atom. The van der Waals surface area contributed by atoms with Crippen LogP contribution in [0.3, 0.4) is 0 Å². The Hall–Kier alpha value is -3.59. The summed E-state index contributed by atoms with van der Waals surface area (Å²) in [6, 6.07) is 29.6. The van der Waals surface area contributed by atoms with Crippen LogP contribution >= 0.6 is 0 Å². The van der Waals surface area contributed by atoms with E-state index < -0.39 is 0 Å². The van der Waals surface area contributed by atoms with Crippen LogP contribution in [0.25, 0.3) is 16.8 Å². The van der Waals surface area contributed by atoms with Crippen molar-refractivity contribution in [2.45, 2.75) is 13.8 Å². The minimum absolute atomic E-state index is 0.954. The smallest absolute Gasteiger partial charge is 0.0630 e. The highest BCUT2D eigenvalue weighted by atomic mass is 15.1. The third-order valence-electron chi connectivity index (χ3n) is 5.42. The van der Waals surface area contributed by atoms with Crippen LogP contribution in [0.4, 0.5) is 11.4 Å². The molecule has 0 bridgehead atoms. The number of hydrogen-bond donors (Lipinski definition) is 0. The molecule has 0 fully saturated rings. The maximum absolute atomic E-state index is 4.71. The molecule has 0 aliphatic carbocycles. The zero-order valence-corrected chi connectivity index (χ0v) is 18.0. The van der Waals surface area contributed by atoms with Crippen molar-refractivity contribution < 1.29 is 0 Å². The molecule has 0 saturated heterocycles. The van der Waals surface area contributed by atoms with E-state index in [1.165, 1.54) is 33.9 Å². The van der Waals surface area contributed by atoms with Crippen LogP contribution < -0.4 is 4.90 Å². The van der Waals surface area contributed by atoms with Gasteiger partial charge in [0.15, 0.2) is 0 Å². The van der Waals surface area contributed by atoms with E-state index in [-0.39, 0.29) is 0 Å². The first kappa shape index (κ1) is 19.7. The van der Waals surface area contributed by atoms with Gasteiger partial charge in [-0.1, -0.05) is 42.5 Å². The second kappa shape index (κ2) is 8.42. The number of hydrogen-bond acceptors (Lipinski definition) is 2. The molecule has 4 rings (SSSR count). The van der Waals surface area contributed by atoms with Gasteiger partial charge in [0.1, 0.15) is 0 Å². The first-order valence-corrected chi connectivity index (χ1v) is 10.2. The molecule has 0 spiro atoms. The van der Waals surface area contributed by atoms with Crippen LogP contribution in [0.2, 0.25) is 0 Å². The van der Waals surface area contributed by atoms with Gasteiger partial charge in [0.25, 0.3) is 0 Å². The van der Waals surface area contributed by atoms with E-state index in [0.29, 0.717) is 0 Å². The van der Waals surface area contributed by atoms with Crippen molar-refractivity contribution in [2.75, 3.05) is 19.0 Å². The van der Waals surface area contributed by atoms with Crippen molar-refractivity contribution in [3.63, 3.8) is 0 Å². The molecule has 0 aliphatic rings. The number of benzene rings is 3. The molecule has 0 saturated carbocycles. The van der Waals surface area contributed by atoms with Gasteiger partial charge < -0.3 is 9.47 Å². The van der Waals surface area contributed by atoms with Gasteiger partial charge in [-0.3, -0.25) is 4.99 Å². The van der Waals surface area contributed by atoms with E-state index in [2.05, 4.69) is 116 Å². The van der Waals surface area contributed by atoms with Crippen LogP contribution in [0.1, 0.15) is 17.0 Å². The zero-order valence-electron chi connectivity index (χ0n) is 18.0. The predicted molar refractivity (Wildman–Crippen MR) is 129 cm³/mol. The summed E-state index contributed by atoms with van der Waals surface area (Å²) in [5.74, 6) is 0. The van der Waals surface area contributed by atoms with Gasteiger partial charge in [0.05, 0.1) is 5.69 Å². The monoisotopic (exact) mass is 393 g/mol. The lowest BCUT2D eigenvalue weighted by molar-refractivity contribution is 0.963. The highest BCUT2D eigenvalue weighted by Crippen LogP contribution is 2.24. The molecular weight excluding hydrogens is 366 g/mol. The summed E-state index contributed by atoms with van der Waals surface area (Å²) in [5, 5.41) is 0. The Morgan fingerprint density at radius 3 is 2.03 bits per heavy atom. The van der Waals surface area contributed by atoms with E-state index in [1.807, 2.05) is 12.3 Å². The normalized spacial score (nSPS) is 11.2. The molecule has 1 heterocycles. The molecular formula is C27H27N3. The predicted octanol–water partition coefficient (Wildman–Crippen LogP) is 6.58. The summed E-state index contributed by atoms with van der Waals surface area (Å²) < 4.78 is 2.28. The van der Waals surface area contributed by atoms with E-state index in [0.717, 1.165) is 11.3 Å². The van der Waals surface area contributed by atoms with E-state index in [9.17, 15) is 0 Å². The van der Waals surface area contributed by atoms with Crippen molar-refractivity contribution in [3.8, 4) is 16.8 Å². The van der Waals surface area contributed by atoms with Crippen molar-refractivity contribution in [3.05, 3.63) is 102 Å². The number of aromatic nitrogens is 1. The minimum Gasteiger partial charge on any atom is -0.378 e. The summed E-state index contributed by atoms with van der Waals surface area (Å²) in [7, 11) is 4.12. The molecule has 0 N–H and O–H groups in total. The summed E-state index contributed by atoms with van der Waals surface area (Å²) in [4.78, 5) is 6.82. The molecule has 30 heavy (non-hydrogen) atoms. The van der Waals surface area contributed by atoms with Gasteiger partial charge in [-0.25, -0.2) is 0 Å². The quantitative estimate of drug-likeness (QED) is 0.351. The fourth-order valence-corrected chi connectivity index (χ4v) is 3.73. The first-order valence-electron chi connectivity index (χ1n) is 10.2. The molecule has 3 aromatic carbocycles. The average Bonchev–Trinajstić information content (AvgIpc) is 3.06. The van der Waals surface area contributed by atoms with Crippen LogP contribution in [-0.4, -0.2) is 24.9 Å². The number of rotatable bonds is 5. The highest BCUT2D eigenvalue weighted by Gasteiger charge is 2.09. The van der Waals surface area contributed by atoms with E-state index in [4.69, 9.17) is 4.99 Å². The van der Waals surface area contributed by atoms with Crippen LogP contribution in [-0.2, 0) is 0 Å². The van der Waals surface area contributed by atoms with Gasteiger partial charge in [0, 0.05) is 48.6 Å². The summed E-state index contributed by atoms with van der Waals surface area (Å²) in [6.07, 6.45) is 1.96. The van der Waals surface area contributed by atoms with Crippen molar-refractivity contribution in [2.24, 2.45) is 4.99 Å². The van der Waals surface area contributed by atoms with Crippen molar-refractivity contribution in [1.82, 2.24) is 4.57 Å². The maximum Gasteiger partial charge on any atom is 0.0630 e. The maximum atomic E-state index is 4.71. The molecule has 3 nitrogen and oxygen atoms in total. The van der Waals surface area contributed by atoms with Crippen LogP contribution in [0.5, 0.6) is 0 Å². The number of nitrogens with zero attached hydrogens (tertiary/aromatic N) is 3. The summed E-state index contributed by atoms with van der Waals surface area (Å²) in [5.41, 5.74) is 9.27. The Bertz CT molecular complexity index is 1150. The lowest BCUT2D eigenvalue weighted by atomic mass is 10.1. The molecule has 0 amide bonds. The second-order valence-corrected chi connectivity index (χ2v) is 7.74. The molecule has 0 radical (unpaired) electrons. The van der Waals surface area contributed by atoms with Crippen molar-refractivity contribution in [1.29, 1.82) is 0 Å². The molecule has 4 aromatic rings.